The molecule has 0 aromatic heterocycles. The third-order valence-corrected chi connectivity index (χ3v) is 8.83. The van der Waals surface area contributed by atoms with Crippen LogP contribution in [0.25, 0.3) is 5.57 Å². The Labute approximate surface area is 219 Å². The highest BCUT2D eigenvalue weighted by atomic mass is 14.3. The Balaban J connectivity index is 2.10. The fourth-order valence-corrected chi connectivity index (χ4v) is 6.08. The van der Waals surface area contributed by atoms with Gasteiger partial charge >= 0.3 is 0 Å². The first kappa shape index (κ1) is 29.7. The first-order valence-corrected chi connectivity index (χ1v) is 15.1. The van der Waals surface area contributed by atoms with Gasteiger partial charge in [0.15, 0.2) is 0 Å². The van der Waals surface area contributed by atoms with E-state index in [4.69, 9.17) is 0 Å². The van der Waals surface area contributed by atoms with Crippen LogP contribution in [0.2, 0.25) is 0 Å². The summed E-state index contributed by atoms with van der Waals surface area (Å²) in [5.41, 5.74) is 7.08. The molecule has 0 radical (unpaired) electrons. The second-order valence-electron chi connectivity index (χ2n) is 11.5. The maximum absolute atomic E-state index is 4.61. The third-order valence-electron chi connectivity index (χ3n) is 8.83. The highest BCUT2D eigenvalue weighted by Gasteiger charge is 2.24. The standard InChI is InChI=1S/C35H56/c1-8-17-27(4)18-12-11-13-23-35(30(7)29(6)32-19-14-15-20-32)34-22-16-21-33(26-34)28(5)24-25-31(9-2)10-3/h16,19,21-22,26-27,30-31,35H,5-6,8-15,17-18,20,23-25H2,1-4,7H3/t27?,30-,35-/m0/s1. The summed E-state index contributed by atoms with van der Waals surface area (Å²) in [7, 11) is 0. The van der Waals surface area contributed by atoms with Crippen LogP contribution in [0.5, 0.6) is 0 Å². The molecule has 0 nitrogen and oxygen atoms in total. The van der Waals surface area contributed by atoms with Crippen LogP contribution in [0.4, 0.5) is 0 Å². The van der Waals surface area contributed by atoms with Crippen molar-refractivity contribution in [2.24, 2.45) is 17.8 Å². The zero-order valence-electron chi connectivity index (χ0n) is 24.0. The molecule has 0 heterocycles. The van der Waals surface area contributed by atoms with Gasteiger partial charge in [-0.2, -0.15) is 0 Å². The lowest BCUT2D eigenvalue weighted by Crippen LogP contribution is -2.14. The van der Waals surface area contributed by atoms with Gasteiger partial charge in [-0.25, -0.2) is 0 Å². The summed E-state index contributed by atoms with van der Waals surface area (Å²) < 4.78 is 0. The van der Waals surface area contributed by atoms with Gasteiger partial charge in [0.05, 0.1) is 0 Å². The molecular weight excluding hydrogens is 420 g/mol. The average Bonchev–Trinajstić information content (AvgIpc) is 3.41. The molecule has 3 atom stereocenters. The molecule has 0 amide bonds. The molecule has 0 aliphatic heterocycles. The molecule has 0 saturated heterocycles. The van der Waals surface area contributed by atoms with Crippen LogP contribution in [-0.4, -0.2) is 0 Å². The molecule has 0 spiro atoms. The molecule has 2 rings (SSSR count). The van der Waals surface area contributed by atoms with E-state index in [0.29, 0.717) is 11.8 Å². The summed E-state index contributed by atoms with van der Waals surface area (Å²) in [6.45, 7) is 20.9. The van der Waals surface area contributed by atoms with Crippen molar-refractivity contribution in [3.8, 4) is 0 Å². The normalized spacial score (nSPS) is 16.2. The van der Waals surface area contributed by atoms with Crippen molar-refractivity contribution in [1.82, 2.24) is 0 Å². The van der Waals surface area contributed by atoms with Gasteiger partial charge in [0.1, 0.15) is 0 Å². The zero-order chi connectivity index (χ0) is 25.6. The minimum atomic E-state index is 0.492. The van der Waals surface area contributed by atoms with E-state index in [1.807, 2.05) is 0 Å². The Morgan fingerprint density at radius 3 is 2.31 bits per heavy atom. The summed E-state index contributed by atoms with van der Waals surface area (Å²) in [5.74, 6) is 2.74. The van der Waals surface area contributed by atoms with Crippen LogP contribution >= 0.6 is 0 Å². The van der Waals surface area contributed by atoms with E-state index >= 15 is 0 Å². The van der Waals surface area contributed by atoms with Gasteiger partial charge in [0.2, 0.25) is 0 Å². The number of benzene rings is 1. The molecule has 0 fully saturated rings. The first-order chi connectivity index (χ1) is 16.9. The van der Waals surface area contributed by atoms with Gasteiger partial charge in [0, 0.05) is 0 Å². The highest BCUT2D eigenvalue weighted by Crippen LogP contribution is 2.40. The number of hydrogen-bond acceptors (Lipinski definition) is 0. The lowest BCUT2D eigenvalue weighted by Gasteiger charge is -2.28. The number of unbranched alkanes of at least 4 members (excludes halogenated alkanes) is 2. The molecule has 0 heteroatoms. The van der Waals surface area contributed by atoms with Crippen molar-refractivity contribution in [2.45, 2.75) is 130 Å². The zero-order valence-corrected chi connectivity index (χ0v) is 24.0. The summed E-state index contributed by atoms with van der Waals surface area (Å²) in [5, 5.41) is 0. The SMILES string of the molecule is C=C(CCC(CC)CC)c1cccc([C@@H](CCCCCC(C)CCC)[C@@H](C)C(=C)C2=CCCC2)c1. The third kappa shape index (κ3) is 9.78. The maximum Gasteiger partial charge on any atom is -0.00956 e. The molecule has 0 N–H and O–H groups in total. The van der Waals surface area contributed by atoms with E-state index in [2.05, 4.69) is 78.1 Å². The van der Waals surface area contributed by atoms with Crippen LogP contribution in [0.15, 0.2) is 54.6 Å². The van der Waals surface area contributed by atoms with Gasteiger partial charge < -0.3 is 0 Å². The maximum atomic E-state index is 4.61. The predicted molar refractivity (Wildman–Crippen MR) is 159 cm³/mol. The number of hydrogen-bond donors (Lipinski definition) is 0. The summed E-state index contributed by atoms with van der Waals surface area (Å²) in [4.78, 5) is 0. The molecule has 1 aromatic carbocycles. The van der Waals surface area contributed by atoms with E-state index in [1.165, 1.54) is 111 Å². The smallest absolute Gasteiger partial charge is 0.00956 e. The fourth-order valence-electron chi connectivity index (χ4n) is 6.08. The fraction of sp³-hybridized carbons (Fsp3) is 0.657. The quantitative estimate of drug-likeness (QED) is 0.185. The Morgan fingerprint density at radius 1 is 0.914 bits per heavy atom. The first-order valence-electron chi connectivity index (χ1n) is 15.1. The van der Waals surface area contributed by atoms with Crippen LogP contribution in [0.1, 0.15) is 142 Å². The molecular formula is C35H56. The second kappa shape index (κ2) is 16.2. The molecule has 1 aliphatic carbocycles. The van der Waals surface area contributed by atoms with E-state index in [0.717, 1.165) is 18.3 Å². The Hall–Kier alpha value is -1.56. The van der Waals surface area contributed by atoms with Gasteiger partial charge in [0.25, 0.3) is 0 Å². The average molecular weight is 477 g/mol. The largest absolute Gasteiger partial charge is 0.0953 e. The molecule has 1 aromatic rings. The van der Waals surface area contributed by atoms with Crippen molar-refractivity contribution in [2.75, 3.05) is 0 Å². The number of allylic oxidation sites excluding steroid dienone is 4. The summed E-state index contributed by atoms with van der Waals surface area (Å²) >= 11 is 0. The molecule has 0 bridgehead atoms. The Bertz CT molecular complexity index is 790. The molecule has 1 unspecified atom stereocenters. The van der Waals surface area contributed by atoms with Crippen LogP contribution in [-0.2, 0) is 0 Å². The van der Waals surface area contributed by atoms with Crippen LogP contribution in [0, 0.1) is 17.8 Å². The predicted octanol–water partition coefficient (Wildman–Crippen LogP) is 11.7. The number of rotatable bonds is 18. The van der Waals surface area contributed by atoms with Crippen LogP contribution in [0.3, 0.4) is 0 Å². The van der Waals surface area contributed by atoms with Gasteiger partial charge in [-0.15, -0.1) is 0 Å². The highest BCUT2D eigenvalue weighted by molar-refractivity contribution is 5.64. The molecule has 0 saturated carbocycles. The van der Waals surface area contributed by atoms with Gasteiger partial charge in [-0.05, 0) is 90.0 Å². The van der Waals surface area contributed by atoms with Crippen molar-refractivity contribution in [3.63, 3.8) is 0 Å². The van der Waals surface area contributed by atoms with Crippen molar-refractivity contribution >= 4 is 5.57 Å². The minimum Gasteiger partial charge on any atom is -0.0953 e. The Kier molecular flexibility index (Phi) is 13.8. The lowest BCUT2D eigenvalue weighted by atomic mass is 9.77. The van der Waals surface area contributed by atoms with E-state index in [9.17, 15) is 0 Å². The summed E-state index contributed by atoms with van der Waals surface area (Å²) in [6, 6.07) is 9.40. The van der Waals surface area contributed by atoms with Crippen molar-refractivity contribution in [1.29, 1.82) is 0 Å². The second-order valence-corrected chi connectivity index (χ2v) is 11.5. The summed E-state index contributed by atoms with van der Waals surface area (Å²) in [6.07, 6.45) is 20.5. The molecule has 196 valence electrons. The van der Waals surface area contributed by atoms with Gasteiger partial charge in [-0.3, -0.25) is 0 Å². The van der Waals surface area contributed by atoms with Crippen LogP contribution < -0.4 is 0 Å². The Morgan fingerprint density at radius 2 is 1.66 bits per heavy atom. The van der Waals surface area contributed by atoms with Crippen molar-refractivity contribution < 1.29 is 0 Å². The minimum absolute atomic E-state index is 0.492. The van der Waals surface area contributed by atoms with E-state index < -0.39 is 0 Å². The topological polar surface area (TPSA) is 0 Å². The van der Waals surface area contributed by atoms with E-state index in [-0.39, 0.29) is 0 Å². The molecule has 1 aliphatic rings. The lowest BCUT2D eigenvalue weighted by molar-refractivity contribution is 0.429. The molecule has 35 heavy (non-hydrogen) atoms. The van der Waals surface area contributed by atoms with Crippen molar-refractivity contribution in [3.05, 3.63) is 65.8 Å². The van der Waals surface area contributed by atoms with E-state index in [1.54, 1.807) is 0 Å². The van der Waals surface area contributed by atoms with Gasteiger partial charge in [-0.1, -0.05) is 129 Å². The monoisotopic (exact) mass is 476 g/mol.